The highest BCUT2D eigenvalue weighted by Crippen LogP contribution is 2.01. The van der Waals surface area contributed by atoms with Crippen LogP contribution in [0.2, 0.25) is 0 Å². The maximum absolute atomic E-state index is 11.1. The maximum Gasteiger partial charge on any atom is 0.316 e. The molecule has 0 aliphatic rings. The van der Waals surface area contributed by atoms with Gasteiger partial charge in [0.1, 0.15) is 13.2 Å². The zero-order valence-corrected chi connectivity index (χ0v) is 11.0. The van der Waals surface area contributed by atoms with Crippen molar-refractivity contribution >= 4 is 23.7 Å². The Balaban J connectivity index is 3.48. The van der Waals surface area contributed by atoms with Crippen molar-refractivity contribution in [1.29, 1.82) is 0 Å². The minimum absolute atomic E-state index is 0.163. The molecule has 0 saturated heterocycles. The molecule has 0 spiro atoms. The molecule has 5 heteroatoms. The lowest BCUT2D eigenvalue weighted by Crippen LogP contribution is -2.12. The van der Waals surface area contributed by atoms with Crippen molar-refractivity contribution in [1.82, 2.24) is 0 Å². The highest BCUT2D eigenvalue weighted by atomic mass is 32.2. The molecule has 0 aromatic rings. The fraction of sp³-hybridized carbons (Fsp3) is 0.500. The Labute approximate surface area is 106 Å². The van der Waals surface area contributed by atoms with Gasteiger partial charge in [0, 0.05) is 0 Å². The monoisotopic (exact) mass is 258 g/mol. The first-order chi connectivity index (χ1) is 8.20. The molecular formula is C12H18O4S. The van der Waals surface area contributed by atoms with E-state index in [1.54, 1.807) is 24.3 Å². The van der Waals surface area contributed by atoms with Gasteiger partial charge in [0.15, 0.2) is 0 Å². The van der Waals surface area contributed by atoms with Gasteiger partial charge < -0.3 is 9.47 Å². The van der Waals surface area contributed by atoms with Crippen LogP contribution in [0.4, 0.5) is 0 Å². The molecule has 0 amide bonds. The lowest BCUT2D eigenvalue weighted by atomic mass is 10.5. The molecular weight excluding hydrogens is 240 g/mol. The van der Waals surface area contributed by atoms with E-state index < -0.39 is 0 Å². The topological polar surface area (TPSA) is 52.6 Å². The van der Waals surface area contributed by atoms with Gasteiger partial charge in [0.05, 0.1) is 11.5 Å². The molecule has 0 aromatic carbocycles. The van der Waals surface area contributed by atoms with E-state index in [1.807, 2.05) is 13.8 Å². The van der Waals surface area contributed by atoms with E-state index in [2.05, 4.69) is 0 Å². The number of thioether (sulfide) groups is 1. The minimum atomic E-state index is -0.325. The third-order valence-corrected chi connectivity index (χ3v) is 2.47. The van der Waals surface area contributed by atoms with Crippen molar-refractivity contribution in [3.8, 4) is 0 Å². The molecule has 0 fully saturated rings. The van der Waals surface area contributed by atoms with Crippen LogP contribution >= 0.6 is 11.8 Å². The molecule has 0 saturated carbocycles. The van der Waals surface area contributed by atoms with Crippen LogP contribution < -0.4 is 0 Å². The molecule has 0 bridgehead atoms. The van der Waals surface area contributed by atoms with Crippen LogP contribution in [-0.2, 0) is 19.1 Å². The van der Waals surface area contributed by atoms with Crippen LogP contribution in [0.25, 0.3) is 0 Å². The zero-order chi connectivity index (χ0) is 12.9. The van der Waals surface area contributed by atoms with E-state index in [-0.39, 0.29) is 36.7 Å². The van der Waals surface area contributed by atoms with Crippen molar-refractivity contribution < 1.29 is 19.1 Å². The third-order valence-electron chi connectivity index (χ3n) is 1.59. The number of hydrogen-bond donors (Lipinski definition) is 0. The molecule has 0 unspecified atom stereocenters. The van der Waals surface area contributed by atoms with E-state index in [0.29, 0.717) is 0 Å². The van der Waals surface area contributed by atoms with E-state index in [9.17, 15) is 9.59 Å². The van der Waals surface area contributed by atoms with Gasteiger partial charge in [0.25, 0.3) is 0 Å². The molecule has 0 aromatic heterocycles. The smallest absolute Gasteiger partial charge is 0.316 e. The Morgan fingerprint density at radius 1 is 0.941 bits per heavy atom. The highest BCUT2D eigenvalue weighted by Gasteiger charge is 2.06. The number of esters is 2. The summed E-state index contributed by atoms with van der Waals surface area (Å²) >= 11 is 1.19. The second-order valence-electron chi connectivity index (χ2n) is 3.00. The summed E-state index contributed by atoms with van der Waals surface area (Å²) in [6.07, 6.45) is 7.10. The molecule has 0 heterocycles. The normalized spacial score (nSPS) is 10.9. The molecule has 0 aliphatic carbocycles. The summed E-state index contributed by atoms with van der Waals surface area (Å²) in [6, 6.07) is 0. The number of carbonyl (C=O) groups excluding carboxylic acids is 2. The molecule has 17 heavy (non-hydrogen) atoms. The quantitative estimate of drug-likeness (QED) is 0.492. The number of allylic oxidation sites excluding steroid dienone is 2. The average Bonchev–Trinajstić information content (AvgIpc) is 2.30. The fourth-order valence-electron chi connectivity index (χ4n) is 0.776. The fourth-order valence-corrected chi connectivity index (χ4v) is 1.38. The molecule has 0 aliphatic heterocycles. The van der Waals surface area contributed by atoms with Crippen molar-refractivity contribution in [2.24, 2.45) is 0 Å². The SMILES string of the molecule is C/C=C/COC(=O)CSCC(=O)OC/C=C/C. The molecule has 0 atom stereocenters. The summed E-state index contributed by atoms with van der Waals surface area (Å²) in [5.41, 5.74) is 0. The first-order valence-corrected chi connectivity index (χ1v) is 6.47. The summed E-state index contributed by atoms with van der Waals surface area (Å²) in [6.45, 7) is 4.26. The number of hydrogen-bond acceptors (Lipinski definition) is 5. The summed E-state index contributed by atoms with van der Waals surface area (Å²) < 4.78 is 9.71. The van der Waals surface area contributed by atoms with E-state index in [0.717, 1.165) is 0 Å². The predicted octanol–water partition coefficient (Wildman–Crippen LogP) is 1.96. The van der Waals surface area contributed by atoms with Crippen LogP contribution in [0.1, 0.15) is 13.8 Å². The molecule has 0 radical (unpaired) electrons. The van der Waals surface area contributed by atoms with Crippen LogP contribution in [0.15, 0.2) is 24.3 Å². The number of ether oxygens (including phenoxy) is 2. The zero-order valence-electron chi connectivity index (χ0n) is 10.2. The molecule has 4 nitrogen and oxygen atoms in total. The minimum Gasteiger partial charge on any atom is -0.461 e. The standard InChI is InChI=1S/C12H18O4S/c1-3-5-7-15-11(13)9-17-10-12(14)16-8-6-4-2/h3-6H,7-10H2,1-2H3/b5-3+,6-4+. The van der Waals surface area contributed by atoms with Gasteiger partial charge in [-0.1, -0.05) is 24.3 Å². The van der Waals surface area contributed by atoms with Crippen molar-refractivity contribution in [2.75, 3.05) is 24.7 Å². The molecule has 96 valence electrons. The first-order valence-electron chi connectivity index (χ1n) is 5.32. The average molecular weight is 258 g/mol. The van der Waals surface area contributed by atoms with Crippen molar-refractivity contribution in [3.05, 3.63) is 24.3 Å². The first kappa shape index (κ1) is 15.8. The van der Waals surface area contributed by atoms with Gasteiger partial charge in [-0.3, -0.25) is 9.59 Å². The Morgan fingerprint density at radius 3 is 1.71 bits per heavy atom. The van der Waals surface area contributed by atoms with Crippen LogP contribution in [0.5, 0.6) is 0 Å². The highest BCUT2D eigenvalue weighted by molar-refractivity contribution is 8.00. The van der Waals surface area contributed by atoms with Crippen molar-refractivity contribution in [3.63, 3.8) is 0 Å². The van der Waals surface area contributed by atoms with E-state index in [4.69, 9.17) is 9.47 Å². The third kappa shape index (κ3) is 11.0. The van der Waals surface area contributed by atoms with Gasteiger partial charge in [-0.15, -0.1) is 11.8 Å². The lowest BCUT2D eigenvalue weighted by Gasteiger charge is -2.02. The van der Waals surface area contributed by atoms with Gasteiger partial charge in [-0.2, -0.15) is 0 Å². The Hall–Kier alpha value is -1.23. The summed E-state index contributed by atoms with van der Waals surface area (Å²) in [5.74, 6) is -0.323. The number of carbonyl (C=O) groups is 2. The summed E-state index contributed by atoms with van der Waals surface area (Å²) in [5, 5.41) is 0. The molecule has 0 rings (SSSR count). The van der Waals surface area contributed by atoms with Gasteiger partial charge >= 0.3 is 11.9 Å². The van der Waals surface area contributed by atoms with Gasteiger partial charge in [0.2, 0.25) is 0 Å². The Morgan fingerprint density at radius 2 is 1.35 bits per heavy atom. The predicted molar refractivity (Wildman–Crippen MR) is 68.9 cm³/mol. The Bertz CT molecular complexity index is 256. The van der Waals surface area contributed by atoms with E-state index in [1.165, 1.54) is 11.8 Å². The number of rotatable bonds is 8. The lowest BCUT2D eigenvalue weighted by molar-refractivity contribution is -0.139. The Kier molecular flexibility index (Phi) is 10.4. The van der Waals surface area contributed by atoms with E-state index >= 15 is 0 Å². The largest absolute Gasteiger partial charge is 0.461 e. The van der Waals surface area contributed by atoms with Gasteiger partial charge in [-0.05, 0) is 13.8 Å². The second kappa shape index (κ2) is 11.3. The summed E-state index contributed by atoms with van der Waals surface area (Å²) in [4.78, 5) is 22.2. The molecule has 0 N–H and O–H groups in total. The van der Waals surface area contributed by atoms with Gasteiger partial charge in [-0.25, -0.2) is 0 Å². The maximum atomic E-state index is 11.1. The van der Waals surface area contributed by atoms with Crippen molar-refractivity contribution in [2.45, 2.75) is 13.8 Å². The van der Waals surface area contributed by atoms with Crippen LogP contribution in [-0.4, -0.2) is 36.7 Å². The summed E-state index contributed by atoms with van der Waals surface area (Å²) in [7, 11) is 0. The van der Waals surface area contributed by atoms with Crippen LogP contribution in [0.3, 0.4) is 0 Å². The second-order valence-corrected chi connectivity index (χ2v) is 3.98. The van der Waals surface area contributed by atoms with Crippen LogP contribution in [0, 0.1) is 0 Å².